The van der Waals surface area contributed by atoms with Crippen molar-refractivity contribution < 1.29 is 24.1 Å². The summed E-state index contributed by atoms with van der Waals surface area (Å²) < 4.78 is 18.1. The van der Waals surface area contributed by atoms with Gasteiger partial charge in [0.15, 0.2) is 17.2 Å². The number of methoxy groups -OCH3 is 1. The van der Waals surface area contributed by atoms with Gasteiger partial charge in [-0.2, -0.15) is 0 Å². The highest BCUT2D eigenvalue weighted by Gasteiger charge is 2.75. The summed E-state index contributed by atoms with van der Waals surface area (Å²) in [7, 11) is 1.56. The van der Waals surface area contributed by atoms with E-state index in [2.05, 4.69) is 19.9 Å². The molecule has 172 valence electrons. The lowest BCUT2D eigenvalue weighted by Gasteiger charge is -2.59. The molecule has 0 aromatic heterocycles. The minimum absolute atomic E-state index is 0.0209. The number of hydrogen-bond acceptors (Lipinski definition) is 5. The quantitative estimate of drug-likeness (QED) is 0.405. The monoisotopic (exact) mass is 430 g/mol. The maximum atomic E-state index is 13.6. The summed E-state index contributed by atoms with van der Waals surface area (Å²) in [4.78, 5) is 13.6. The second-order valence-electron chi connectivity index (χ2n) is 11.6. The molecule has 5 aliphatic rings. The van der Waals surface area contributed by atoms with Crippen molar-refractivity contribution in [3.63, 3.8) is 0 Å². The second kappa shape index (κ2) is 6.91. The molecular weight excluding hydrogens is 392 g/mol. The van der Waals surface area contributed by atoms with E-state index in [-0.39, 0.29) is 28.8 Å². The Morgan fingerprint density at radius 3 is 2.71 bits per heavy atom. The normalized spacial score (nSPS) is 50.3. The van der Waals surface area contributed by atoms with Crippen LogP contribution < -0.4 is 0 Å². The molecule has 0 unspecified atom stereocenters. The zero-order chi connectivity index (χ0) is 22.2. The van der Waals surface area contributed by atoms with Crippen molar-refractivity contribution >= 4 is 5.78 Å². The van der Waals surface area contributed by atoms with Gasteiger partial charge in [0.1, 0.15) is 0 Å². The third kappa shape index (κ3) is 2.82. The van der Waals surface area contributed by atoms with E-state index in [4.69, 9.17) is 14.2 Å². The molecule has 8 atom stereocenters. The van der Waals surface area contributed by atoms with Crippen molar-refractivity contribution in [2.24, 2.45) is 28.6 Å². The van der Waals surface area contributed by atoms with E-state index in [0.29, 0.717) is 17.8 Å². The standard InChI is InChI=1S/C26H38O5/c1-23(2)30-22-15-20-18-7-6-16-14-17(27)8-11-24(16,3)19(18)9-12-25(20,4)26(22,31-23)21(28)10-13-29-5/h6,10,13,17-20,22,27H,7-9,11-12,14-15H2,1-5H3/b13-10+/t17-,18+,19-,20+,22+,24+,25+,26-/m1/s1. The van der Waals surface area contributed by atoms with Crippen LogP contribution in [0.1, 0.15) is 72.6 Å². The Morgan fingerprint density at radius 2 is 1.97 bits per heavy atom. The second-order valence-corrected chi connectivity index (χ2v) is 11.6. The fourth-order valence-corrected chi connectivity index (χ4v) is 8.43. The topological polar surface area (TPSA) is 65.0 Å². The highest BCUT2D eigenvalue weighted by atomic mass is 16.8. The van der Waals surface area contributed by atoms with Gasteiger partial charge in [0.05, 0.1) is 25.6 Å². The average molecular weight is 431 g/mol. The summed E-state index contributed by atoms with van der Waals surface area (Å²) in [6.07, 6.45) is 11.8. The van der Waals surface area contributed by atoms with E-state index in [1.165, 1.54) is 11.8 Å². The number of hydrogen-bond donors (Lipinski definition) is 1. The maximum Gasteiger partial charge on any atom is 0.193 e. The number of aliphatic hydroxyl groups is 1. The number of ether oxygens (including phenoxy) is 3. The van der Waals surface area contributed by atoms with Gasteiger partial charge >= 0.3 is 0 Å². The first kappa shape index (κ1) is 21.7. The van der Waals surface area contributed by atoms with Crippen LogP contribution in [0.4, 0.5) is 0 Å². The Bertz CT molecular complexity index is 830. The molecule has 1 aliphatic heterocycles. The van der Waals surface area contributed by atoms with E-state index in [1.807, 2.05) is 13.8 Å². The van der Waals surface area contributed by atoms with Crippen molar-refractivity contribution in [2.45, 2.75) is 96.2 Å². The molecule has 5 rings (SSSR count). The summed E-state index contributed by atoms with van der Waals surface area (Å²) in [6, 6.07) is 0. The molecule has 4 fully saturated rings. The molecular formula is C26H38O5. The molecule has 0 spiro atoms. The van der Waals surface area contributed by atoms with E-state index in [0.717, 1.165) is 44.9 Å². The molecule has 0 aromatic carbocycles. The highest BCUT2D eigenvalue weighted by Crippen LogP contribution is 2.70. The van der Waals surface area contributed by atoms with Crippen LogP contribution >= 0.6 is 0 Å². The molecule has 0 radical (unpaired) electrons. The summed E-state index contributed by atoms with van der Waals surface area (Å²) >= 11 is 0. The van der Waals surface area contributed by atoms with Crippen LogP contribution in [0.3, 0.4) is 0 Å². The largest absolute Gasteiger partial charge is 0.504 e. The minimum atomic E-state index is -0.950. The summed E-state index contributed by atoms with van der Waals surface area (Å²) in [5, 5.41) is 10.2. The third-order valence-electron chi connectivity index (χ3n) is 9.79. The lowest BCUT2D eigenvalue weighted by atomic mass is 9.46. The number of fused-ring (bicyclic) bond motifs is 7. The molecule has 5 nitrogen and oxygen atoms in total. The SMILES string of the molecule is CO/C=C/C(=O)[C@@]12OC(C)(C)O[C@H]1C[C@H]1[C@H]3CC=C4C[C@H](O)CC[C@]4(C)[C@@H]3CC[C@@]12C. The summed E-state index contributed by atoms with van der Waals surface area (Å²) in [5.74, 6) is 0.726. The van der Waals surface area contributed by atoms with Crippen molar-refractivity contribution in [1.29, 1.82) is 0 Å². The number of rotatable bonds is 3. The van der Waals surface area contributed by atoms with Gasteiger partial charge in [-0.1, -0.05) is 25.5 Å². The zero-order valence-electron chi connectivity index (χ0n) is 19.6. The zero-order valence-corrected chi connectivity index (χ0v) is 19.6. The molecule has 0 aromatic rings. The van der Waals surface area contributed by atoms with Gasteiger partial charge < -0.3 is 19.3 Å². The number of carbonyl (C=O) groups excluding carboxylic acids is 1. The van der Waals surface area contributed by atoms with Gasteiger partial charge in [-0.25, -0.2) is 0 Å². The predicted molar refractivity (Wildman–Crippen MR) is 117 cm³/mol. The molecule has 3 saturated carbocycles. The molecule has 31 heavy (non-hydrogen) atoms. The van der Waals surface area contributed by atoms with Crippen LogP contribution in [0.25, 0.3) is 0 Å². The van der Waals surface area contributed by atoms with Crippen molar-refractivity contribution in [1.82, 2.24) is 0 Å². The molecule has 0 amide bonds. The molecule has 1 N–H and O–H groups in total. The average Bonchev–Trinajstić information content (AvgIpc) is 3.12. The van der Waals surface area contributed by atoms with Crippen LogP contribution in [0.2, 0.25) is 0 Å². The van der Waals surface area contributed by atoms with E-state index >= 15 is 0 Å². The fraction of sp³-hybridized carbons (Fsp3) is 0.808. The third-order valence-corrected chi connectivity index (χ3v) is 9.79. The van der Waals surface area contributed by atoms with E-state index in [9.17, 15) is 9.90 Å². The van der Waals surface area contributed by atoms with E-state index < -0.39 is 11.4 Å². The fourth-order valence-electron chi connectivity index (χ4n) is 8.43. The van der Waals surface area contributed by atoms with Crippen molar-refractivity contribution in [2.75, 3.05) is 7.11 Å². The predicted octanol–water partition coefficient (Wildman–Crippen LogP) is 4.54. The van der Waals surface area contributed by atoms with Crippen LogP contribution in [-0.4, -0.2) is 41.6 Å². The lowest BCUT2D eigenvalue weighted by molar-refractivity contribution is -0.212. The van der Waals surface area contributed by atoms with Gasteiger partial charge in [-0.05, 0) is 82.0 Å². The molecule has 0 bridgehead atoms. The first-order valence-corrected chi connectivity index (χ1v) is 12.1. The number of allylic oxidation sites excluding steroid dienone is 1. The Morgan fingerprint density at radius 1 is 1.19 bits per heavy atom. The smallest absolute Gasteiger partial charge is 0.193 e. The Labute approximate surface area is 186 Å². The van der Waals surface area contributed by atoms with Crippen LogP contribution in [0.15, 0.2) is 24.0 Å². The van der Waals surface area contributed by atoms with Crippen LogP contribution in [0, 0.1) is 28.6 Å². The number of aliphatic hydroxyl groups excluding tert-OH is 1. The van der Waals surface area contributed by atoms with Gasteiger partial charge in [0.2, 0.25) is 0 Å². The maximum absolute atomic E-state index is 13.6. The van der Waals surface area contributed by atoms with Gasteiger partial charge in [0.25, 0.3) is 0 Å². The van der Waals surface area contributed by atoms with Crippen molar-refractivity contribution in [3.8, 4) is 0 Å². The van der Waals surface area contributed by atoms with Crippen LogP contribution in [0.5, 0.6) is 0 Å². The summed E-state index contributed by atoms with van der Waals surface area (Å²) in [5.41, 5.74) is 0.429. The Kier molecular flexibility index (Phi) is 4.83. The number of ketones is 1. The molecule has 5 heteroatoms. The van der Waals surface area contributed by atoms with Gasteiger partial charge in [-0.15, -0.1) is 0 Å². The minimum Gasteiger partial charge on any atom is -0.504 e. The van der Waals surface area contributed by atoms with Crippen molar-refractivity contribution in [3.05, 3.63) is 24.0 Å². The molecule has 1 saturated heterocycles. The van der Waals surface area contributed by atoms with Gasteiger partial charge in [-0.3, -0.25) is 4.79 Å². The van der Waals surface area contributed by atoms with Crippen LogP contribution in [-0.2, 0) is 19.0 Å². The molecule has 4 aliphatic carbocycles. The van der Waals surface area contributed by atoms with E-state index in [1.54, 1.807) is 13.2 Å². The highest BCUT2D eigenvalue weighted by molar-refractivity contribution is 5.99. The molecule has 1 heterocycles. The van der Waals surface area contributed by atoms with Gasteiger partial charge in [0, 0.05) is 11.5 Å². The Balaban J connectivity index is 1.54. The first-order chi connectivity index (χ1) is 14.6. The lowest BCUT2D eigenvalue weighted by Crippen LogP contribution is -2.60. The summed E-state index contributed by atoms with van der Waals surface area (Å²) in [6.45, 7) is 8.56. The Hall–Kier alpha value is -1.17. The first-order valence-electron chi connectivity index (χ1n) is 12.1. The number of carbonyl (C=O) groups is 1.